The average molecular weight is 279 g/mol. The monoisotopic (exact) mass is 279 g/mol. The summed E-state index contributed by atoms with van der Waals surface area (Å²) in [6.45, 7) is 2.69. The van der Waals surface area contributed by atoms with Crippen LogP contribution >= 0.6 is 0 Å². The zero-order valence-corrected chi connectivity index (χ0v) is 11.1. The van der Waals surface area contributed by atoms with Gasteiger partial charge in [0.15, 0.2) is 0 Å². The Kier molecular flexibility index (Phi) is 4.81. The van der Waals surface area contributed by atoms with E-state index in [0.29, 0.717) is 18.3 Å². The lowest BCUT2D eigenvalue weighted by molar-refractivity contribution is 0.305. The van der Waals surface area contributed by atoms with E-state index in [-0.39, 0.29) is 12.1 Å². The molecule has 2 rings (SSSR count). The molecule has 0 aliphatic rings. The van der Waals surface area contributed by atoms with Crippen molar-refractivity contribution in [3.05, 3.63) is 47.8 Å². The van der Waals surface area contributed by atoms with Crippen molar-refractivity contribution in [2.45, 2.75) is 19.9 Å². The lowest BCUT2D eigenvalue weighted by Gasteiger charge is -2.08. The number of rotatable bonds is 6. The summed E-state index contributed by atoms with van der Waals surface area (Å²) in [6, 6.07) is 4.95. The van der Waals surface area contributed by atoms with Crippen molar-refractivity contribution in [3.8, 4) is 5.88 Å². The first kappa shape index (κ1) is 14.2. The molecule has 1 aromatic heterocycles. The molecular formula is C14H15F2N3O. The van der Waals surface area contributed by atoms with E-state index in [0.717, 1.165) is 24.6 Å². The normalized spacial score (nSPS) is 10.3. The summed E-state index contributed by atoms with van der Waals surface area (Å²) in [5.41, 5.74) is 0.236. The van der Waals surface area contributed by atoms with Crippen LogP contribution in [0.25, 0.3) is 0 Å². The van der Waals surface area contributed by atoms with Gasteiger partial charge >= 0.3 is 0 Å². The van der Waals surface area contributed by atoms with Crippen molar-refractivity contribution in [1.29, 1.82) is 0 Å². The van der Waals surface area contributed by atoms with Crippen molar-refractivity contribution in [3.63, 3.8) is 0 Å². The van der Waals surface area contributed by atoms with Gasteiger partial charge in [0.2, 0.25) is 5.88 Å². The number of benzene rings is 1. The van der Waals surface area contributed by atoms with Gasteiger partial charge in [0, 0.05) is 18.2 Å². The third kappa shape index (κ3) is 3.88. The molecule has 106 valence electrons. The van der Waals surface area contributed by atoms with E-state index in [1.54, 1.807) is 6.07 Å². The summed E-state index contributed by atoms with van der Waals surface area (Å²) in [7, 11) is 0. The van der Waals surface area contributed by atoms with Crippen LogP contribution in [0, 0.1) is 11.6 Å². The molecule has 0 aliphatic carbocycles. The molecule has 0 unspecified atom stereocenters. The second-order valence-electron chi connectivity index (χ2n) is 4.18. The molecule has 1 N–H and O–H groups in total. The minimum absolute atomic E-state index is 0.133. The van der Waals surface area contributed by atoms with Crippen LogP contribution in [0.5, 0.6) is 5.88 Å². The van der Waals surface area contributed by atoms with Crippen LogP contribution in [-0.4, -0.2) is 16.6 Å². The number of aromatic nitrogens is 2. The maximum Gasteiger partial charge on any atom is 0.218 e. The van der Waals surface area contributed by atoms with Gasteiger partial charge in [-0.1, -0.05) is 6.92 Å². The summed E-state index contributed by atoms with van der Waals surface area (Å²) in [4.78, 5) is 7.95. The number of nitrogens with zero attached hydrogens (tertiary/aromatic N) is 2. The van der Waals surface area contributed by atoms with Gasteiger partial charge in [0.1, 0.15) is 23.8 Å². The summed E-state index contributed by atoms with van der Waals surface area (Å²) < 4.78 is 31.9. The van der Waals surface area contributed by atoms with Crippen LogP contribution in [0.4, 0.5) is 14.6 Å². The van der Waals surface area contributed by atoms with E-state index in [4.69, 9.17) is 4.74 Å². The molecule has 0 bridgehead atoms. The fourth-order valence-electron chi connectivity index (χ4n) is 1.59. The van der Waals surface area contributed by atoms with Gasteiger partial charge in [-0.15, -0.1) is 0 Å². The van der Waals surface area contributed by atoms with Crippen molar-refractivity contribution in [2.24, 2.45) is 0 Å². The van der Waals surface area contributed by atoms with E-state index in [9.17, 15) is 8.78 Å². The first-order valence-corrected chi connectivity index (χ1v) is 6.31. The zero-order chi connectivity index (χ0) is 14.4. The second kappa shape index (κ2) is 6.79. The zero-order valence-electron chi connectivity index (χ0n) is 11.1. The Morgan fingerprint density at radius 2 is 2.05 bits per heavy atom. The molecule has 4 nitrogen and oxygen atoms in total. The maximum atomic E-state index is 13.5. The van der Waals surface area contributed by atoms with Gasteiger partial charge in [-0.05, 0) is 24.6 Å². The molecule has 2 aromatic rings. The van der Waals surface area contributed by atoms with E-state index in [2.05, 4.69) is 15.3 Å². The quantitative estimate of drug-likeness (QED) is 0.882. The lowest BCUT2D eigenvalue weighted by Crippen LogP contribution is -2.05. The van der Waals surface area contributed by atoms with Crippen LogP contribution in [0.15, 0.2) is 30.6 Å². The Labute approximate surface area is 115 Å². The predicted octanol–water partition coefficient (Wildman–Crippen LogP) is 3.16. The van der Waals surface area contributed by atoms with E-state index >= 15 is 0 Å². The van der Waals surface area contributed by atoms with Crippen LogP contribution in [0.1, 0.15) is 18.9 Å². The molecular weight excluding hydrogens is 264 g/mol. The summed E-state index contributed by atoms with van der Waals surface area (Å²) in [6.07, 6.45) is 2.23. The molecule has 0 radical (unpaired) electrons. The second-order valence-corrected chi connectivity index (χ2v) is 4.18. The number of halogens is 2. The molecule has 0 fully saturated rings. The van der Waals surface area contributed by atoms with E-state index < -0.39 is 11.6 Å². The largest absolute Gasteiger partial charge is 0.478 e. The lowest BCUT2D eigenvalue weighted by atomic mass is 10.2. The van der Waals surface area contributed by atoms with Crippen molar-refractivity contribution in [2.75, 3.05) is 11.9 Å². The Balaban J connectivity index is 2.01. The highest BCUT2D eigenvalue weighted by Gasteiger charge is 2.05. The summed E-state index contributed by atoms with van der Waals surface area (Å²) in [5, 5.41) is 2.91. The Hall–Kier alpha value is -2.24. The first-order valence-electron chi connectivity index (χ1n) is 6.31. The maximum absolute atomic E-state index is 13.5. The number of hydrogen-bond donors (Lipinski definition) is 1. The van der Waals surface area contributed by atoms with Gasteiger partial charge in [0.25, 0.3) is 0 Å². The average Bonchev–Trinajstić information content (AvgIpc) is 2.46. The topological polar surface area (TPSA) is 47.0 Å². The minimum atomic E-state index is -0.474. The SMILES string of the molecule is CCCOc1cc(NCc2cc(F)ccc2F)ncn1. The molecule has 0 aliphatic heterocycles. The molecule has 0 spiro atoms. The highest BCUT2D eigenvalue weighted by atomic mass is 19.1. The first-order chi connectivity index (χ1) is 9.69. The van der Waals surface area contributed by atoms with E-state index in [1.807, 2.05) is 6.92 Å². The third-order valence-electron chi connectivity index (χ3n) is 2.56. The minimum Gasteiger partial charge on any atom is -0.478 e. The molecule has 0 saturated carbocycles. The summed E-state index contributed by atoms with van der Waals surface area (Å²) >= 11 is 0. The highest BCUT2D eigenvalue weighted by molar-refractivity contribution is 5.38. The number of nitrogens with one attached hydrogen (secondary N) is 1. The molecule has 20 heavy (non-hydrogen) atoms. The van der Waals surface area contributed by atoms with Crippen molar-refractivity contribution >= 4 is 5.82 Å². The molecule has 1 aromatic carbocycles. The van der Waals surface area contributed by atoms with Crippen molar-refractivity contribution in [1.82, 2.24) is 9.97 Å². The van der Waals surface area contributed by atoms with Crippen LogP contribution in [0.3, 0.4) is 0 Å². The summed E-state index contributed by atoms with van der Waals surface area (Å²) in [5.74, 6) is 0.00657. The molecule has 0 saturated heterocycles. The fraction of sp³-hybridized carbons (Fsp3) is 0.286. The molecule has 1 heterocycles. The Morgan fingerprint density at radius 1 is 1.20 bits per heavy atom. The van der Waals surface area contributed by atoms with Gasteiger partial charge in [-0.2, -0.15) is 0 Å². The number of anilines is 1. The predicted molar refractivity (Wildman–Crippen MR) is 71.5 cm³/mol. The molecule has 0 atom stereocenters. The van der Waals surface area contributed by atoms with Crippen LogP contribution in [0.2, 0.25) is 0 Å². The highest BCUT2D eigenvalue weighted by Crippen LogP contribution is 2.14. The van der Waals surface area contributed by atoms with Gasteiger partial charge < -0.3 is 10.1 Å². The van der Waals surface area contributed by atoms with E-state index in [1.165, 1.54) is 6.33 Å². The van der Waals surface area contributed by atoms with Gasteiger partial charge in [-0.3, -0.25) is 0 Å². The Bertz CT molecular complexity index is 578. The standard InChI is InChI=1S/C14H15F2N3O/c1-2-5-20-14-7-13(18-9-19-14)17-8-10-6-11(15)3-4-12(10)16/h3-4,6-7,9H,2,5,8H2,1H3,(H,17,18,19). The molecule has 6 heteroatoms. The number of hydrogen-bond acceptors (Lipinski definition) is 4. The molecule has 0 amide bonds. The van der Waals surface area contributed by atoms with Crippen LogP contribution in [-0.2, 0) is 6.54 Å². The van der Waals surface area contributed by atoms with Gasteiger partial charge in [0.05, 0.1) is 6.61 Å². The smallest absolute Gasteiger partial charge is 0.218 e. The fourth-order valence-corrected chi connectivity index (χ4v) is 1.59. The number of ether oxygens (including phenoxy) is 1. The third-order valence-corrected chi connectivity index (χ3v) is 2.56. The van der Waals surface area contributed by atoms with Gasteiger partial charge in [-0.25, -0.2) is 18.7 Å². The Morgan fingerprint density at radius 3 is 2.85 bits per heavy atom. The van der Waals surface area contributed by atoms with Crippen LogP contribution < -0.4 is 10.1 Å². The van der Waals surface area contributed by atoms with Crippen molar-refractivity contribution < 1.29 is 13.5 Å².